The van der Waals surface area contributed by atoms with Gasteiger partial charge in [-0.25, -0.2) is 0 Å². The van der Waals surface area contributed by atoms with Crippen LogP contribution in [0.2, 0.25) is 0 Å². The molecule has 0 fully saturated rings. The summed E-state index contributed by atoms with van der Waals surface area (Å²) in [6.45, 7) is 0. The van der Waals surface area contributed by atoms with Crippen LogP contribution in [-0.2, 0) is 4.79 Å². The molecule has 0 spiro atoms. The average molecular weight is 422 g/mol. The molecule has 0 aliphatic carbocycles. The predicted molar refractivity (Wildman–Crippen MR) is 111 cm³/mol. The van der Waals surface area contributed by atoms with Crippen molar-refractivity contribution >= 4 is 46.6 Å². The van der Waals surface area contributed by atoms with Crippen LogP contribution in [0.5, 0.6) is 17.2 Å². The fourth-order valence-corrected chi connectivity index (χ4v) is 2.90. The van der Waals surface area contributed by atoms with E-state index in [1.165, 1.54) is 50.9 Å². The molecule has 148 valence electrons. The van der Waals surface area contributed by atoms with E-state index in [2.05, 4.69) is 16.2 Å². The Morgan fingerprint density at radius 1 is 1.07 bits per heavy atom. The summed E-state index contributed by atoms with van der Waals surface area (Å²) in [5, 5.41) is 4.28. The van der Waals surface area contributed by atoms with Crippen molar-refractivity contribution in [2.24, 2.45) is 0 Å². The lowest BCUT2D eigenvalue weighted by atomic mass is 10.1. The molecule has 0 aliphatic heterocycles. The lowest BCUT2D eigenvalue weighted by molar-refractivity contribution is -0.115. The van der Waals surface area contributed by atoms with Gasteiger partial charge in [-0.3, -0.25) is 25.8 Å². The van der Waals surface area contributed by atoms with Crippen LogP contribution in [0.3, 0.4) is 0 Å². The summed E-state index contributed by atoms with van der Waals surface area (Å²) in [5.74, 6) is 0.107. The van der Waals surface area contributed by atoms with Crippen molar-refractivity contribution in [3.05, 3.63) is 46.2 Å². The first kappa shape index (κ1) is 21.2. The number of thiocarbonyl (C=S) groups is 1. The summed E-state index contributed by atoms with van der Waals surface area (Å²) in [4.78, 5) is 25.1. The Bertz CT molecular complexity index is 856. The Morgan fingerprint density at radius 2 is 1.75 bits per heavy atom. The lowest BCUT2D eigenvalue weighted by Crippen LogP contribution is -2.48. The average Bonchev–Trinajstić information content (AvgIpc) is 3.22. The first-order valence-electron chi connectivity index (χ1n) is 7.91. The fraction of sp³-hybridized carbons (Fsp3) is 0.167. The van der Waals surface area contributed by atoms with Gasteiger partial charge >= 0.3 is 0 Å². The Labute approximate surface area is 171 Å². The Balaban J connectivity index is 1.94. The van der Waals surface area contributed by atoms with Gasteiger partial charge in [-0.05, 0) is 41.9 Å². The van der Waals surface area contributed by atoms with Gasteiger partial charge in [-0.1, -0.05) is 6.07 Å². The van der Waals surface area contributed by atoms with Crippen molar-refractivity contribution in [2.75, 3.05) is 21.3 Å². The second-order valence-corrected chi connectivity index (χ2v) is 6.55. The van der Waals surface area contributed by atoms with E-state index in [1.807, 2.05) is 17.5 Å². The van der Waals surface area contributed by atoms with Crippen LogP contribution in [0.25, 0.3) is 6.08 Å². The number of methoxy groups -OCH3 is 3. The molecule has 3 N–H and O–H groups in total. The number of ether oxygens (including phenoxy) is 3. The molecule has 2 rings (SSSR count). The summed E-state index contributed by atoms with van der Waals surface area (Å²) in [7, 11) is 4.37. The first-order valence-corrected chi connectivity index (χ1v) is 9.20. The van der Waals surface area contributed by atoms with Crippen LogP contribution in [0.4, 0.5) is 0 Å². The monoisotopic (exact) mass is 421 g/mol. The molecule has 10 heteroatoms. The number of amides is 2. The van der Waals surface area contributed by atoms with Crippen molar-refractivity contribution < 1.29 is 23.8 Å². The number of nitrogens with one attached hydrogen (secondary N) is 3. The summed E-state index contributed by atoms with van der Waals surface area (Å²) in [5.41, 5.74) is 5.10. The summed E-state index contributed by atoms with van der Waals surface area (Å²) in [6, 6.07) is 6.74. The Morgan fingerprint density at radius 3 is 2.29 bits per heavy atom. The number of carbonyl (C=O) groups excluding carboxylic acids is 2. The van der Waals surface area contributed by atoms with Crippen LogP contribution in [0.1, 0.15) is 15.2 Å². The molecule has 28 heavy (non-hydrogen) atoms. The molecule has 2 aromatic rings. The minimum Gasteiger partial charge on any atom is -0.493 e. The van der Waals surface area contributed by atoms with Crippen LogP contribution in [-0.4, -0.2) is 38.3 Å². The molecule has 0 bridgehead atoms. The number of benzene rings is 1. The van der Waals surface area contributed by atoms with Crippen LogP contribution in [0.15, 0.2) is 35.7 Å². The van der Waals surface area contributed by atoms with Crippen LogP contribution < -0.4 is 30.4 Å². The zero-order chi connectivity index (χ0) is 20.5. The molecule has 1 aromatic heterocycles. The van der Waals surface area contributed by atoms with Crippen molar-refractivity contribution in [1.82, 2.24) is 16.2 Å². The zero-order valence-electron chi connectivity index (χ0n) is 15.4. The molecular weight excluding hydrogens is 402 g/mol. The molecule has 1 aromatic carbocycles. The summed E-state index contributed by atoms with van der Waals surface area (Å²) < 4.78 is 15.6. The standard InChI is InChI=1S/C18H19N3O5S2/c1-24-13-9-11(10-14(25-2)16(13)26-3)17(23)20-21-18(27)19-15(22)7-6-12-5-4-8-28-12/h4-10H,1-3H3,(H,20,23)(H2,19,21,22,27)/b7-6+. The van der Waals surface area contributed by atoms with Crippen molar-refractivity contribution in [3.8, 4) is 17.2 Å². The second-order valence-electron chi connectivity index (χ2n) is 5.16. The highest BCUT2D eigenvalue weighted by Gasteiger charge is 2.17. The predicted octanol–water partition coefficient (Wildman–Crippen LogP) is 2.12. The molecule has 0 aliphatic rings. The van der Waals surface area contributed by atoms with E-state index >= 15 is 0 Å². The van der Waals surface area contributed by atoms with Gasteiger partial charge in [0.15, 0.2) is 16.6 Å². The number of hydrogen-bond donors (Lipinski definition) is 3. The third-order valence-electron chi connectivity index (χ3n) is 3.40. The molecule has 0 unspecified atom stereocenters. The van der Waals surface area contributed by atoms with Crippen molar-refractivity contribution in [1.29, 1.82) is 0 Å². The van der Waals surface area contributed by atoms with Gasteiger partial charge in [-0.15, -0.1) is 11.3 Å². The van der Waals surface area contributed by atoms with E-state index in [0.29, 0.717) is 17.2 Å². The van der Waals surface area contributed by atoms with Gasteiger partial charge < -0.3 is 14.2 Å². The van der Waals surface area contributed by atoms with Gasteiger partial charge in [-0.2, -0.15) is 0 Å². The zero-order valence-corrected chi connectivity index (χ0v) is 17.0. The van der Waals surface area contributed by atoms with Gasteiger partial charge in [0, 0.05) is 16.5 Å². The summed E-state index contributed by atoms with van der Waals surface area (Å²) >= 11 is 6.49. The van der Waals surface area contributed by atoms with Crippen molar-refractivity contribution in [3.63, 3.8) is 0 Å². The van der Waals surface area contributed by atoms with Gasteiger partial charge in [0.1, 0.15) is 0 Å². The molecular formula is C18H19N3O5S2. The SMILES string of the molecule is COc1cc(C(=O)NNC(=S)NC(=O)/C=C/c2cccs2)cc(OC)c1OC. The molecule has 0 radical (unpaired) electrons. The number of rotatable bonds is 6. The normalized spacial score (nSPS) is 10.2. The van der Waals surface area contributed by atoms with E-state index in [4.69, 9.17) is 26.4 Å². The minimum atomic E-state index is -0.509. The van der Waals surface area contributed by atoms with E-state index in [1.54, 1.807) is 6.08 Å². The van der Waals surface area contributed by atoms with E-state index in [-0.39, 0.29) is 10.7 Å². The van der Waals surface area contributed by atoms with Gasteiger partial charge in [0.2, 0.25) is 11.7 Å². The third kappa shape index (κ3) is 5.69. The van der Waals surface area contributed by atoms with Gasteiger partial charge in [0.05, 0.1) is 21.3 Å². The summed E-state index contributed by atoms with van der Waals surface area (Å²) in [6.07, 6.45) is 3.01. The maximum Gasteiger partial charge on any atom is 0.269 e. The molecule has 2 amide bonds. The van der Waals surface area contributed by atoms with Gasteiger partial charge in [0.25, 0.3) is 5.91 Å². The van der Waals surface area contributed by atoms with Crippen LogP contribution in [0, 0.1) is 0 Å². The van der Waals surface area contributed by atoms with Crippen LogP contribution >= 0.6 is 23.6 Å². The Hall–Kier alpha value is -3.11. The number of hydrogen-bond acceptors (Lipinski definition) is 7. The fourth-order valence-electron chi connectivity index (χ4n) is 2.13. The second kappa shape index (κ2) is 10.3. The number of carbonyl (C=O) groups is 2. The molecule has 0 saturated heterocycles. The molecule has 8 nitrogen and oxygen atoms in total. The number of thiophene rings is 1. The highest BCUT2D eigenvalue weighted by atomic mass is 32.1. The lowest BCUT2D eigenvalue weighted by Gasteiger charge is -2.14. The minimum absolute atomic E-state index is 0.0541. The largest absolute Gasteiger partial charge is 0.493 e. The van der Waals surface area contributed by atoms with E-state index < -0.39 is 11.8 Å². The quantitative estimate of drug-likeness (QED) is 0.373. The van der Waals surface area contributed by atoms with E-state index in [9.17, 15) is 9.59 Å². The highest BCUT2D eigenvalue weighted by Crippen LogP contribution is 2.38. The molecule has 0 saturated carbocycles. The molecule has 1 heterocycles. The smallest absolute Gasteiger partial charge is 0.269 e. The van der Waals surface area contributed by atoms with E-state index in [0.717, 1.165) is 4.88 Å². The first-order chi connectivity index (χ1) is 13.5. The Kier molecular flexibility index (Phi) is 7.78. The topological polar surface area (TPSA) is 97.9 Å². The highest BCUT2D eigenvalue weighted by molar-refractivity contribution is 7.80. The maximum atomic E-state index is 12.3. The maximum absolute atomic E-state index is 12.3. The third-order valence-corrected chi connectivity index (χ3v) is 4.44. The molecule has 0 atom stereocenters. The van der Waals surface area contributed by atoms with Crippen molar-refractivity contribution in [2.45, 2.75) is 0 Å². The number of hydrazine groups is 1.